The Kier molecular flexibility index (Phi) is 10.3. The van der Waals surface area contributed by atoms with E-state index in [0.717, 1.165) is 5.56 Å². The molecule has 0 radical (unpaired) electrons. The lowest BCUT2D eigenvalue weighted by molar-refractivity contribution is -0.271. The second kappa shape index (κ2) is 13.7. The van der Waals surface area contributed by atoms with Crippen LogP contribution in [0.3, 0.4) is 0 Å². The first-order valence-corrected chi connectivity index (χ1v) is 12.7. The molecule has 0 saturated carbocycles. The Labute approximate surface area is 220 Å². The summed E-state index contributed by atoms with van der Waals surface area (Å²) in [5.41, 5.74) is 1.30. The second-order valence-electron chi connectivity index (χ2n) is 8.48. The largest absolute Gasteiger partial charge is 0.463 e. The topological polar surface area (TPSA) is 145 Å². The molecule has 5 atom stereocenters. The van der Waals surface area contributed by atoms with Crippen LogP contribution in [0.1, 0.15) is 59.6 Å². The van der Waals surface area contributed by atoms with Gasteiger partial charge >= 0.3 is 23.9 Å². The lowest BCUT2D eigenvalue weighted by Gasteiger charge is -2.44. The number of hydrogen-bond donors (Lipinski definition) is 0. The van der Waals surface area contributed by atoms with Crippen molar-refractivity contribution in [3.05, 3.63) is 36.5 Å². The fourth-order valence-electron chi connectivity index (χ4n) is 3.77. The first kappa shape index (κ1) is 28.8. The van der Waals surface area contributed by atoms with Crippen LogP contribution in [-0.4, -0.2) is 69.9 Å². The molecule has 1 aromatic heterocycles. The van der Waals surface area contributed by atoms with Crippen molar-refractivity contribution in [2.75, 3.05) is 6.61 Å². The molecule has 2 heterocycles. The summed E-state index contributed by atoms with van der Waals surface area (Å²) < 4.78 is 29.9. The number of ether oxygens (including phenoxy) is 5. The Morgan fingerprint density at radius 3 is 1.92 bits per heavy atom. The van der Waals surface area contributed by atoms with Crippen molar-refractivity contribution in [2.24, 2.45) is 0 Å². The van der Waals surface area contributed by atoms with Crippen molar-refractivity contribution >= 4 is 23.9 Å². The maximum absolute atomic E-state index is 12.5. The van der Waals surface area contributed by atoms with Gasteiger partial charge in [-0.1, -0.05) is 63.2 Å². The van der Waals surface area contributed by atoms with Crippen LogP contribution in [-0.2, 0) is 42.9 Å². The van der Waals surface area contributed by atoms with E-state index in [1.165, 1.54) is 4.68 Å². The average Bonchev–Trinajstić information content (AvgIpc) is 3.44. The van der Waals surface area contributed by atoms with Gasteiger partial charge in [-0.25, -0.2) is 4.68 Å². The lowest BCUT2D eigenvalue weighted by atomic mass is 9.97. The van der Waals surface area contributed by atoms with E-state index in [4.69, 9.17) is 23.7 Å². The minimum atomic E-state index is -1.28. The molecular weight excluding hydrogens is 498 g/mol. The Bertz CT molecular complexity index is 1100. The van der Waals surface area contributed by atoms with Crippen molar-refractivity contribution < 1.29 is 42.9 Å². The Balaban J connectivity index is 2.07. The summed E-state index contributed by atoms with van der Waals surface area (Å²) in [6, 6.07) is 9.27. The highest BCUT2D eigenvalue weighted by Crippen LogP contribution is 2.35. The van der Waals surface area contributed by atoms with Gasteiger partial charge in [0.15, 0.2) is 24.5 Å². The molecule has 206 valence electrons. The van der Waals surface area contributed by atoms with Crippen LogP contribution in [0.2, 0.25) is 0 Å². The molecule has 38 heavy (non-hydrogen) atoms. The molecule has 0 aliphatic carbocycles. The Morgan fingerprint density at radius 2 is 1.34 bits per heavy atom. The molecule has 1 saturated heterocycles. The van der Waals surface area contributed by atoms with Gasteiger partial charge in [-0.2, -0.15) is 0 Å². The summed E-state index contributed by atoms with van der Waals surface area (Å²) in [6.45, 7) is 6.14. The van der Waals surface area contributed by atoms with E-state index >= 15 is 0 Å². The minimum Gasteiger partial charge on any atom is -0.463 e. The van der Waals surface area contributed by atoms with Crippen LogP contribution >= 0.6 is 0 Å². The van der Waals surface area contributed by atoms with Gasteiger partial charge in [-0.3, -0.25) is 19.2 Å². The third-order valence-electron chi connectivity index (χ3n) is 5.82. The zero-order valence-corrected chi connectivity index (χ0v) is 21.9. The molecule has 12 heteroatoms. The second-order valence-corrected chi connectivity index (χ2v) is 8.48. The van der Waals surface area contributed by atoms with Gasteiger partial charge in [0.05, 0.1) is 6.20 Å². The highest BCUT2D eigenvalue weighted by Gasteiger charge is 2.53. The molecule has 1 aliphatic rings. The van der Waals surface area contributed by atoms with Gasteiger partial charge in [0.25, 0.3) is 0 Å². The SMILES string of the molecule is CCC(=O)OC[C@H]1O[C@@H](n2cc(-c3ccccc3)nn2)[C@H](OC(=O)CC)[C@@H](OC(=O)CC)[C@H]1OC(=O)CC. The van der Waals surface area contributed by atoms with Crippen LogP contribution in [0.15, 0.2) is 36.5 Å². The average molecular weight is 532 g/mol. The zero-order valence-electron chi connectivity index (χ0n) is 21.9. The number of carbonyl (C=O) groups is 4. The lowest BCUT2D eigenvalue weighted by Crippen LogP contribution is -2.60. The smallest absolute Gasteiger partial charge is 0.306 e. The first-order valence-electron chi connectivity index (χ1n) is 12.7. The molecule has 2 aromatic rings. The molecule has 12 nitrogen and oxygen atoms in total. The van der Waals surface area contributed by atoms with Crippen LogP contribution in [0.5, 0.6) is 0 Å². The number of rotatable bonds is 11. The number of esters is 4. The van der Waals surface area contributed by atoms with Crippen LogP contribution in [0.25, 0.3) is 11.3 Å². The molecule has 0 N–H and O–H groups in total. The molecule has 1 fully saturated rings. The number of benzene rings is 1. The fraction of sp³-hybridized carbons (Fsp3) is 0.538. The normalized spacial score (nSPS) is 22.8. The maximum Gasteiger partial charge on any atom is 0.306 e. The molecule has 1 aliphatic heterocycles. The third-order valence-corrected chi connectivity index (χ3v) is 5.82. The number of hydrogen-bond acceptors (Lipinski definition) is 11. The molecule has 0 spiro atoms. The zero-order chi connectivity index (χ0) is 27.7. The summed E-state index contributed by atoms with van der Waals surface area (Å²) in [6.07, 6.45) is -4.19. The number of carbonyl (C=O) groups excluding carboxylic acids is 4. The quantitative estimate of drug-likeness (QED) is 0.312. The van der Waals surface area contributed by atoms with Gasteiger partial charge < -0.3 is 23.7 Å². The summed E-state index contributed by atoms with van der Waals surface area (Å²) in [5, 5.41) is 8.38. The Hall–Kier alpha value is -3.80. The molecular formula is C26H33N3O9. The molecule has 0 amide bonds. The van der Waals surface area contributed by atoms with Crippen molar-refractivity contribution in [2.45, 2.75) is 84.0 Å². The predicted octanol–water partition coefficient (Wildman–Crippen LogP) is 2.76. The van der Waals surface area contributed by atoms with E-state index in [9.17, 15) is 19.2 Å². The monoisotopic (exact) mass is 531 g/mol. The fourth-order valence-corrected chi connectivity index (χ4v) is 3.77. The van der Waals surface area contributed by atoms with Gasteiger partial charge in [-0.15, -0.1) is 5.10 Å². The summed E-state index contributed by atoms with van der Waals surface area (Å²) >= 11 is 0. The highest BCUT2D eigenvalue weighted by molar-refractivity contribution is 5.71. The van der Waals surface area contributed by atoms with E-state index in [2.05, 4.69) is 10.3 Å². The maximum atomic E-state index is 12.5. The number of nitrogens with zero attached hydrogens (tertiary/aromatic N) is 3. The van der Waals surface area contributed by atoms with E-state index in [0.29, 0.717) is 5.69 Å². The first-order chi connectivity index (χ1) is 18.3. The van der Waals surface area contributed by atoms with E-state index in [1.54, 1.807) is 33.9 Å². The van der Waals surface area contributed by atoms with Crippen LogP contribution < -0.4 is 0 Å². The van der Waals surface area contributed by atoms with E-state index in [-0.39, 0.29) is 32.3 Å². The molecule has 0 unspecified atom stereocenters. The number of aromatic nitrogens is 3. The van der Waals surface area contributed by atoms with Gasteiger partial charge in [0.1, 0.15) is 18.4 Å². The van der Waals surface area contributed by atoms with E-state index < -0.39 is 54.5 Å². The van der Waals surface area contributed by atoms with Crippen molar-refractivity contribution in [1.29, 1.82) is 0 Å². The van der Waals surface area contributed by atoms with Gasteiger partial charge in [-0.05, 0) is 0 Å². The van der Waals surface area contributed by atoms with Crippen molar-refractivity contribution in [3.63, 3.8) is 0 Å². The van der Waals surface area contributed by atoms with Crippen molar-refractivity contribution in [3.8, 4) is 11.3 Å². The standard InChI is InChI=1S/C26H33N3O9/c1-5-19(30)34-15-18-23(36-20(31)6-2)24(37-21(32)7-3)25(38-22(33)8-4)26(35-18)29-14-17(27-28-29)16-12-10-9-11-13-16/h9-14,18,23-26H,5-8,15H2,1-4H3/t18-,23+,24+,25-,26-/m1/s1. The van der Waals surface area contributed by atoms with Crippen LogP contribution in [0, 0.1) is 0 Å². The summed E-state index contributed by atoms with van der Waals surface area (Å²) in [5.74, 6) is -2.31. The minimum absolute atomic E-state index is 0.0158. The molecule has 3 rings (SSSR count). The predicted molar refractivity (Wildman–Crippen MR) is 131 cm³/mol. The Morgan fingerprint density at radius 1 is 0.789 bits per heavy atom. The third kappa shape index (κ3) is 7.15. The van der Waals surface area contributed by atoms with E-state index in [1.807, 2.05) is 30.3 Å². The highest BCUT2D eigenvalue weighted by atomic mass is 16.7. The molecule has 0 bridgehead atoms. The summed E-state index contributed by atoms with van der Waals surface area (Å²) in [7, 11) is 0. The molecule has 1 aromatic carbocycles. The van der Waals surface area contributed by atoms with Crippen molar-refractivity contribution in [1.82, 2.24) is 15.0 Å². The van der Waals surface area contributed by atoms with Gasteiger partial charge in [0.2, 0.25) is 0 Å². The van der Waals surface area contributed by atoms with Crippen LogP contribution in [0.4, 0.5) is 0 Å². The van der Waals surface area contributed by atoms with Gasteiger partial charge in [0, 0.05) is 31.2 Å². The summed E-state index contributed by atoms with van der Waals surface area (Å²) in [4.78, 5) is 49.2.